The number of aromatic nitrogens is 1. The molecule has 0 aromatic carbocycles. The van der Waals surface area contributed by atoms with Crippen LogP contribution in [0.5, 0.6) is 0 Å². The largest absolute Gasteiger partial charge is 0.334 e. The van der Waals surface area contributed by atoms with Crippen LogP contribution in [0, 0.1) is 17.0 Å². The predicted octanol–water partition coefficient (Wildman–Crippen LogP) is 1.02. The van der Waals surface area contributed by atoms with Crippen molar-refractivity contribution >= 4 is 5.69 Å². The molecule has 94 valence electrons. The average Bonchev–Trinajstić information content (AvgIpc) is 2.21. The van der Waals surface area contributed by atoms with E-state index < -0.39 is 10.5 Å². The van der Waals surface area contributed by atoms with E-state index in [1.54, 1.807) is 13.0 Å². The lowest BCUT2D eigenvalue weighted by molar-refractivity contribution is -0.386. The second-order valence-corrected chi connectivity index (χ2v) is 4.23. The van der Waals surface area contributed by atoms with E-state index in [0.29, 0.717) is 6.54 Å². The molecular formula is C11H17N3O3. The predicted molar refractivity (Wildman–Crippen MR) is 65.3 cm³/mol. The van der Waals surface area contributed by atoms with Crippen molar-refractivity contribution in [3.8, 4) is 0 Å². The fourth-order valence-electron chi connectivity index (χ4n) is 1.62. The van der Waals surface area contributed by atoms with Gasteiger partial charge in [0.05, 0.1) is 4.92 Å². The Kier molecular flexibility index (Phi) is 4.39. The van der Waals surface area contributed by atoms with Crippen molar-refractivity contribution in [3.63, 3.8) is 0 Å². The Balaban J connectivity index is 2.94. The minimum atomic E-state index is -0.635. The number of nitro groups is 1. The van der Waals surface area contributed by atoms with Crippen molar-refractivity contribution in [2.45, 2.75) is 19.9 Å². The Bertz CT molecular complexity index is 466. The molecule has 0 atom stereocenters. The molecule has 6 nitrogen and oxygen atoms in total. The molecule has 0 aliphatic heterocycles. The summed E-state index contributed by atoms with van der Waals surface area (Å²) >= 11 is 0. The average molecular weight is 239 g/mol. The van der Waals surface area contributed by atoms with Crippen LogP contribution in [0.4, 0.5) is 5.69 Å². The molecule has 6 heteroatoms. The number of hydrogen-bond donors (Lipinski definition) is 0. The zero-order chi connectivity index (χ0) is 13.0. The lowest BCUT2D eigenvalue weighted by Gasteiger charge is -2.12. The Hall–Kier alpha value is -1.69. The second kappa shape index (κ2) is 5.58. The third-order valence-electron chi connectivity index (χ3n) is 2.56. The minimum Gasteiger partial charge on any atom is -0.309 e. The van der Waals surface area contributed by atoms with Gasteiger partial charge < -0.3 is 9.47 Å². The highest BCUT2D eigenvalue weighted by Gasteiger charge is 2.15. The Morgan fingerprint density at radius 3 is 2.59 bits per heavy atom. The van der Waals surface area contributed by atoms with Crippen molar-refractivity contribution < 1.29 is 4.92 Å². The van der Waals surface area contributed by atoms with Crippen molar-refractivity contribution in [2.75, 3.05) is 20.6 Å². The molecule has 0 aliphatic carbocycles. The highest BCUT2D eigenvalue weighted by atomic mass is 16.6. The zero-order valence-electron chi connectivity index (χ0n) is 10.3. The monoisotopic (exact) mass is 239 g/mol. The van der Waals surface area contributed by atoms with Gasteiger partial charge in [-0.2, -0.15) is 0 Å². The molecule has 0 fully saturated rings. The molecule has 0 bridgehead atoms. The number of hydrogen-bond acceptors (Lipinski definition) is 4. The van der Waals surface area contributed by atoms with E-state index in [0.717, 1.165) is 18.7 Å². The molecule has 0 saturated carbocycles. The van der Waals surface area contributed by atoms with Gasteiger partial charge >= 0.3 is 11.2 Å². The summed E-state index contributed by atoms with van der Waals surface area (Å²) in [6.45, 7) is 3.12. The highest BCUT2D eigenvalue weighted by Crippen LogP contribution is 2.06. The lowest BCUT2D eigenvalue weighted by Crippen LogP contribution is -2.26. The third-order valence-corrected chi connectivity index (χ3v) is 2.56. The summed E-state index contributed by atoms with van der Waals surface area (Å²) in [4.78, 5) is 23.8. The van der Waals surface area contributed by atoms with E-state index in [2.05, 4.69) is 0 Å². The molecule has 1 heterocycles. The van der Waals surface area contributed by atoms with Crippen molar-refractivity contribution in [3.05, 3.63) is 38.3 Å². The summed E-state index contributed by atoms with van der Waals surface area (Å²) in [5, 5.41) is 10.7. The summed E-state index contributed by atoms with van der Waals surface area (Å²) in [7, 11) is 3.89. The van der Waals surface area contributed by atoms with Crippen molar-refractivity contribution in [1.29, 1.82) is 0 Å². The summed E-state index contributed by atoms with van der Waals surface area (Å²) < 4.78 is 1.46. The normalized spacial score (nSPS) is 10.8. The fourth-order valence-corrected chi connectivity index (χ4v) is 1.62. The smallest absolute Gasteiger partial charge is 0.309 e. The molecule has 1 aromatic heterocycles. The van der Waals surface area contributed by atoms with Gasteiger partial charge in [-0.25, -0.2) is 0 Å². The first-order valence-electron chi connectivity index (χ1n) is 5.43. The minimum absolute atomic E-state index is 0.361. The second-order valence-electron chi connectivity index (χ2n) is 4.23. The molecule has 0 radical (unpaired) electrons. The van der Waals surface area contributed by atoms with Gasteiger partial charge in [-0.05, 0) is 40.1 Å². The molecular weight excluding hydrogens is 222 g/mol. The van der Waals surface area contributed by atoms with E-state index in [9.17, 15) is 14.9 Å². The van der Waals surface area contributed by atoms with E-state index in [1.807, 2.05) is 19.0 Å². The molecule has 0 aliphatic rings. The molecule has 0 saturated heterocycles. The molecule has 0 amide bonds. The topological polar surface area (TPSA) is 68.4 Å². The molecule has 17 heavy (non-hydrogen) atoms. The van der Waals surface area contributed by atoms with E-state index in [1.165, 1.54) is 10.6 Å². The van der Waals surface area contributed by atoms with E-state index in [-0.39, 0.29) is 5.69 Å². The molecule has 1 aromatic rings. The van der Waals surface area contributed by atoms with E-state index in [4.69, 9.17) is 0 Å². The molecule has 1 rings (SSSR count). The Labute approximate surface area is 99.6 Å². The summed E-state index contributed by atoms with van der Waals surface area (Å²) in [6, 6.07) is 2.87. The molecule has 0 unspecified atom stereocenters. The number of rotatable bonds is 5. The van der Waals surface area contributed by atoms with Crippen molar-refractivity contribution in [2.24, 2.45) is 0 Å². The first-order chi connectivity index (χ1) is 7.93. The summed E-state index contributed by atoms with van der Waals surface area (Å²) in [5.41, 5.74) is -0.131. The van der Waals surface area contributed by atoms with Crippen LogP contribution >= 0.6 is 0 Å². The van der Waals surface area contributed by atoms with Gasteiger partial charge in [0, 0.05) is 18.3 Å². The van der Waals surface area contributed by atoms with Crippen LogP contribution in [0.15, 0.2) is 16.9 Å². The van der Waals surface area contributed by atoms with E-state index >= 15 is 0 Å². The number of pyridine rings is 1. The van der Waals surface area contributed by atoms with Crippen LogP contribution in [0.25, 0.3) is 0 Å². The van der Waals surface area contributed by atoms with Crippen LogP contribution in [0.2, 0.25) is 0 Å². The van der Waals surface area contributed by atoms with Crippen LogP contribution in [-0.4, -0.2) is 35.0 Å². The summed E-state index contributed by atoms with van der Waals surface area (Å²) in [6.07, 6.45) is 0.787. The maximum atomic E-state index is 11.8. The van der Waals surface area contributed by atoms with Crippen molar-refractivity contribution in [1.82, 2.24) is 9.47 Å². The lowest BCUT2D eigenvalue weighted by atomic mass is 10.3. The quantitative estimate of drug-likeness (QED) is 0.568. The van der Waals surface area contributed by atoms with Gasteiger partial charge in [-0.1, -0.05) is 0 Å². The molecule has 0 spiro atoms. The Morgan fingerprint density at radius 2 is 2.06 bits per heavy atom. The van der Waals surface area contributed by atoms with Gasteiger partial charge in [-0.3, -0.25) is 14.9 Å². The standard InChI is InChI=1S/C11H17N3O3/c1-9-5-6-10(14(16)17)11(15)13(9)8-4-7-12(2)3/h5-6H,4,7-8H2,1-3H3. The maximum absolute atomic E-state index is 11.8. The van der Waals surface area contributed by atoms with Crippen LogP contribution in [0.1, 0.15) is 12.1 Å². The van der Waals surface area contributed by atoms with Gasteiger partial charge in [0.2, 0.25) is 0 Å². The van der Waals surface area contributed by atoms with Crippen LogP contribution < -0.4 is 5.56 Å². The number of aryl methyl sites for hydroxylation is 1. The molecule has 0 N–H and O–H groups in total. The maximum Gasteiger partial charge on any atom is 0.334 e. The first-order valence-corrected chi connectivity index (χ1v) is 5.43. The zero-order valence-corrected chi connectivity index (χ0v) is 10.3. The van der Waals surface area contributed by atoms with Gasteiger partial charge in [0.15, 0.2) is 0 Å². The summed E-state index contributed by atoms with van der Waals surface area (Å²) in [5.74, 6) is 0. The first kappa shape index (κ1) is 13.4. The Morgan fingerprint density at radius 1 is 1.41 bits per heavy atom. The number of nitrogens with zero attached hydrogens (tertiary/aromatic N) is 3. The SMILES string of the molecule is Cc1ccc([N+](=O)[O-])c(=O)n1CCCN(C)C. The fraction of sp³-hybridized carbons (Fsp3) is 0.545. The van der Waals surface area contributed by atoms with Gasteiger partial charge in [0.1, 0.15) is 0 Å². The third kappa shape index (κ3) is 3.39. The van der Waals surface area contributed by atoms with Crippen LogP contribution in [0.3, 0.4) is 0 Å². The highest BCUT2D eigenvalue weighted by molar-refractivity contribution is 5.27. The van der Waals surface area contributed by atoms with Gasteiger partial charge in [-0.15, -0.1) is 0 Å². The van der Waals surface area contributed by atoms with Gasteiger partial charge in [0.25, 0.3) is 0 Å². The van der Waals surface area contributed by atoms with Crippen LogP contribution in [-0.2, 0) is 6.54 Å².